The summed E-state index contributed by atoms with van der Waals surface area (Å²) in [4.78, 5) is 10.5. The number of carbonyl (C=O) groups excluding carboxylic acids is 1. The molecule has 0 fully saturated rings. The number of nitrogens with zero attached hydrogens (tertiary/aromatic N) is 2. The first-order valence-electron chi connectivity index (χ1n) is 6.98. The monoisotopic (exact) mass is 390 g/mol. The molecule has 1 heterocycles. The number of aldehydes is 1. The van der Waals surface area contributed by atoms with E-state index in [9.17, 15) is 30.0 Å². The normalized spacial score (nSPS) is 13.9. The Morgan fingerprint density at radius 2 is 1.68 bits per heavy atom. The summed E-state index contributed by atoms with van der Waals surface area (Å²) in [5.41, 5.74) is 0.669. The molecule has 0 saturated heterocycles. The number of aromatic nitrogens is 2. The van der Waals surface area contributed by atoms with E-state index >= 15 is 0 Å². The Bertz CT molecular complexity index is 687. The van der Waals surface area contributed by atoms with Crippen LogP contribution < -0.4 is 9.30 Å². The van der Waals surface area contributed by atoms with Gasteiger partial charge < -0.3 is 4.74 Å². The quantitative estimate of drug-likeness (QED) is 0.229. The fourth-order valence-electron chi connectivity index (χ4n) is 1.71. The summed E-state index contributed by atoms with van der Waals surface area (Å²) >= 11 is 0. The van der Waals surface area contributed by atoms with Gasteiger partial charge in [0.1, 0.15) is 24.4 Å². The van der Waals surface area contributed by atoms with Gasteiger partial charge in [-0.25, -0.2) is 9.13 Å². The Kier molecular flexibility index (Phi) is 5.89. The molecule has 0 aliphatic rings. The third kappa shape index (κ3) is 12.9. The molecule has 0 aliphatic carbocycles. The van der Waals surface area contributed by atoms with Gasteiger partial charge in [0.15, 0.2) is 0 Å². The molecule has 0 unspecified atom stereocenters. The van der Waals surface area contributed by atoms with Gasteiger partial charge in [0.2, 0.25) is 6.33 Å². The molecular weight excluding hydrogens is 373 g/mol. The van der Waals surface area contributed by atoms with Gasteiger partial charge in [0, 0.05) is 12.0 Å². The van der Waals surface area contributed by atoms with Crippen molar-refractivity contribution in [2.24, 2.45) is 7.05 Å². The van der Waals surface area contributed by atoms with Crippen molar-refractivity contribution in [2.75, 3.05) is 6.61 Å². The van der Waals surface area contributed by atoms with E-state index < -0.39 is 7.81 Å². The van der Waals surface area contributed by atoms with Crippen LogP contribution in [0.1, 0.15) is 16.8 Å². The first-order chi connectivity index (χ1) is 11.2. The van der Waals surface area contributed by atoms with Gasteiger partial charge in [-0.3, -0.25) is 4.79 Å². The third-order valence-electron chi connectivity index (χ3n) is 2.67. The van der Waals surface area contributed by atoms with Crippen LogP contribution >= 0.6 is 7.81 Å². The topological polar surface area (TPSA) is 35.1 Å². The van der Waals surface area contributed by atoms with E-state index in [1.165, 1.54) is 0 Å². The minimum absolute atomic E-state index is 0.669. The predicted octanol–water partition coefficient (Wildman–Crippen LogP) is 4.98. The molecule has 0 saturated carbocycles. The van der Waals surface area contributed by atoms with Crippen molar-refractivity contribution in [1.29, 1.82) is 0 Å². The Morgan fingerprint density at radius 1 is 1.12 bits per heavy atom. The standard InChI is InChI=1S/C14H17N2O2.F6P/c1-15-8-9-16(12-15)7-2-10-18-14-5-3-13(11-17)4-6-14;1-7(2,3,4,5)6/h3-6,8-9,11-12H,2,7,10H2,1H3;/q+1;-1. The van der Waals surface area contributed by atoms with E-state index in [0.29, 0.717) is 12.2 Å². The zero-order valence-electron chi connectivity index (χ0n) is 13.2. The van der Waals surface area contributed by atoms with Crippen LogP contribution in [0.5, 0.6) is 5.75 Å². The molecule has 1 aromatic heterocycles. The molecule has 2 rings (SSSR count). The Morgan fingerprint density at radius 3 is 2.12 bits per heavy atom. The van der Waals surface area contributed by atoms with E-state index in [2.05, 4.69) is 4.57 Å². The van der Waals surface area contributed by atoms with E-state index in [4.69, 9.17) is 4.74 Å². The van der Waals surface area contributed by atoms with Crippen molar-refractivity contribution in [3.63, 3.8) is 0 Å². The van der Waals surface area contributed by atoms with Crippen LogP contribution in [0.25, 0.3) is 0 Å². The van der Waals surface area contributed by atoms with Crippen LogP contribution in [0.4, 0.5) is 25.2 Å². The first-order valence-corrected chi connectivity index (χ1v) is 9.01. The SMILES string of the molecule is C[n+]1ccn(CCCOc2ccc(C=O)cc2)c1.F[P-](F)(F)(F)(F)F. The summed E-state index contributed by atoms with van der Waals surface area (Å²) in [5, 5.41) is 0. The van der Waals surface area contributed by atoms with Gasteiger partial charge in [0.25, 0.3) is 0 Å². The van der Waals surface area contributed by atoms with Crippen LogP contribution in [0.3, 0.4) is 0 Å². The summed E-state index contributed by atoms with van der Waals surface area (Å²) in [6.45, 7) is 1.61. The second kappa shape index (κ2) is 7.03. The summed E-state index contributed by atoms with van der Waals surface area (Å²) in [7, 11) is -8.66. The average molecular weight is 390 g/mol. The van der Waals surface area contributed by atoms with Crippen molar-refractivity contribution in [3.05, 3.63) is 48.5 Å². The molecule has 0 atom stereocenters. The van der Waals surface area contributed by atoms with E-state index in [1.54, 1.807) is 12.1 Å². The maximum atomic E-state index is 10.5. The molecule has 142 valence electrons. The van der Waals surface area contributed by atoms with Crippen molar-refractivity contribution < 1.29 is 39.3 Å². The van der Waals surface area contributed by atoms with Gasteiger partial charge in [-0.05, 0) is 24.3 Å². The second-order valence-electron chi connectivity index (χ2n) is 5.16. The summed E-state index contributed by atoms with van der Waals surface area (Å²) in [6.07, 6.45) is 7.87. The zero-order chi connectivity index (χ0) is 19.2. The van der Waals surface area contributed by atoms with Gasteiger partial charge >= 0.3 is 33.0 Å². The Balaban J connectivity index is 0.000000381. The van der Waals surface area contributed by atoms with Crippen molar-refractivity contribution >= 4 is 14.1 Å². The molecule has 11 heteroatoms. The number of halogens is 6. The van der Waals surface area contributed by atoms with Crippen LogP contribution in [-0.2, 0) is 13.6 Å². The zero-order valence-corrected chi connectivity index (χ0v) is 14.1. The van der Waals surface area contributed by atoms with E-state index in [0.717, 1.165) is 25.0 Å². The minimum atomic E-state index is -10.7. The number of imidazole rings is 1. The molecular formula is C14H17F6N2O2P. The second-order valence-corrected chi connectivity index (χ2v) is 7.08. The number of hydrogen-bond acceptors (Lipinski definition) is 2. The van der Waals surface area contributed by atoms with Gasteiger partial charge in [-0.2, -0.15) is 0 Å². The molecule has 0 N–H and O–H groups in total. The molecule has 25 heavy (non-hydrogen) atoms. The van der Waals surface area contributed by atoms with Crippen molar-refractivity contribution in [3.8, 4) is 5.75 Å². The summed E-state index contributed by atoms with van der Waals surface area (Å²) in [6, 6.07) is 7.15. The average Bonchev–Trinajstić information content (AvgIpc) is 2.86. The Labute approximate surface area is 139 Å². The van der Waals surface area contributed by atoms with Crippen LogP contribution in [0.2, 0.25) is 0 Å². The fraction of sp³-hybridized carbons (Fsp3) is 0.286. The molecule has 0 aliphatic heterocycles. The summed E-state index contributed by atoms with van der Waals surface area (Å²) in [5.74, 6) is 0.804. The third-order valence-corrected chi connectivity index (χ3v) is 2.67. The first kappa shape index (κ1) is 21.0. The predicted molar refractivity (Wildman–Crippen MR) is 81.1 cm³/mol. The number of rotatable bonds is 6. The Hall–Kier alpha value is -2.09. The number of benzene rings is 1. The molecule has 2 aromatic rings. The maximum absolute atomic E-state index is 10.7. The van der Waals surface area contributed by atoms with Gasteiger partial charge in [-0.1, -0.05) is 0 Å². The van der Waals surface area contributed by atoms with Crippen molar-refractivity contribution in [1.82, 2.24) is 4.57 Å². The number of carbonyl (C=O) groups is 1. The molecule has 0 amide bonds. The van der Waals surface area contributed by atoms with Crippen LogP contribution in [0, 0.1) is 0 Å². The molecule has 0 bridgehead atoms. The molecule has 0 spiro atoms. The molecule has 0 radical (unpaired) electrons. The number of ether oxygens (including phenoxy) is 1. The fourth-order valence-corrected chi connectivity index (χ4v) is 1.71. The van der Waals surface area contributed by atoms with Crippen LogP contribution in [-0.4, -0.2) is 17.5 Å². The molecule has 4 nitrogen and oxygen atoms in total. The van der Waals surface area contributed by atoms with Crippen LogP contribution in [0.15, 0.2) is 43.0 Å². The molecule has 1 aromatic carbocycles. The number of hydrogen-bond donors (Lipinski definition) is 0. The van der Waals surface area contributed by atoms with Gasteiger partial charge in [0.05, 0.1) is 20.2 Å². The summed E-state index contributed by atoms with van der Waals surface area (Å²) < 4.78 is 68.9. The van der Waals surface area contributed by atoms with Gasteiger partial charge in [-0.15, -0.1) is 0 Å². The van der Waals surface area contributed by atoms with E-state index in [1.807, 2.05) is 42.5 Å². The van der Waals surface area contributed by atoms with E-state index in [-0.39, 0.29) is 0 Å². The van der Waals surface area contributed by atoms with Crippen molar-refractivity contribution in [2.45, 2.75) is 13.0 Å². The number of aryl methyl sites for hydroxylation is 2.